The summed E-state index contributed by atoms with van der Waals surface area (Å²) in [6, 6.07) is 19.4. The van der Waals surface area contributed by atoms with Gasteiger partial charge in [-0.15, -0.1) is 11.3 Å². The Morgan fingerprint density at radius 3 is 2.62 bits per heavy atom. The molecule has 1 N–H and O–H groups in total. The Morgan fingerprint density at radius 2 is 1.88 bits per heavy atom. The van der Waals surface area contributed by atoms with Gasteiger partial charge in [-0.1, -0.05) is 18.2 Å². The molecule has 0 bridgehead atoms. The summed E-state index contributed by atoms with van der Waals surface area (Å²) in [6.45, 7) is 2.17. The van der Waals surface area contributed by atoms with E-state index in [0.717, 1.165) is 24.8 Å². The molecular weight excluding hydrogens is 453 g/mol. The van der Waals surface area contributed by atoms with Crippen molar-refractivity contribution in [3.8, 4) is 10.4 Å². The van der Waals surface area contributed by atoms with Crippen molar-refractivity contribution in [2.75, 3.05) is 0 Å². The Labute approximate surface area is 171 Å². The van der Waals surface area contributed by atoms with Crippen molar-refractivity contribution in [2.45, 2.75) is 32.2 Å². The number of nitrogens with one attached hydrogen (secondary N) is 1. The van der Waals surface area contributed by atoms with Crippen molar-refractivity contribution in [2.24, 2.45) is 0 Å². The fourth-order valence-corrected chi connectivity index (χ4v) is 4.52. The highest BCUT2D eigenvalue weighted by Crippen LogP contribution is 2.30. The van der Waals surface area contributed by atoms with Crippen LogP contribution in [0.1, 0.15) is 39.2 Å². The summed E-state index contributed by atoms with van der Waals surface area (Å²) in [5.74, 6) is 0.0417. The van der Waals surface area contributed by atoms with E-state index >= 15 is 0 Å². The van der Waals surface area contributed by atoms with E-state index in [0.29, 0.717) is 6.04 Å². The van der Waals surface area contributed by atoms with E-state index in [-0.39, 0.29) is 5.91 Å². The van der Waals surface area contributed by atoms with Crippen LogP contribution >= 0.6 is 33.9 Å². The minimum Gasteiger partial charge on any atom is -0.349 e. The van der Waals surface area contributed by atoms with Gasteiger partial charge >= 0.3 is 0 Å². The quantitative estimate of drug-likeness (QED) is 0.466. The van der Waals surface area contributed by atoms with Gasteiger partial charge in [0.25, 0.3) is 5.91 Å². The van der Waals surface area contributed by atoms with E-state index in [4.69, 9.17) is 0 Å². The van der Waals surface area contributed by atoms with Gasteiger partial charge in [0.2, 0.25) is 0 Å². The molecule has 0 aliphatic heterocycles. The number of benzene rings is 2. The van der Waals surface area contributed by atoms with Crippen LogP contribution < -0.4 is 5.32 Å². The number of amides is 1. The van der Waals surface area contributed by atoms with Gasteiger partial charge in [0.05, 0.1) is 0 Å². The number of rotatable bonds is 5. The molecule has 1 heterocycles. The third-order valence-electron chi connectivity index (χ3n) is 4.68. The number of aryl methyl sites for hydroxylation is 1. The van der Waals surface area contributed by atoms with Crippen LogP contribution in [-0.2, 0) is 6.42 Å². The number of hydrogen-bond donors (Lipinski definition) is 1. The Balaban J connectivity index is 1.48. The number of carbonyl (C=O) groups is 1. The fraction of sp³-hybridized carbons (Fsp3) is 0.227. The largest absolute Gasteiger partial charge is 0.349 e. The maximum atomic E-state index is 12.1. The molecule has 1 aromatic heterocycles. The summed E-state index contributed by atoms with van der Waals surface area (Å²) in [4.78, 5) is 14.7. The van der Waals surface area contributed by atoms with Crippen LogP contribution in [-0.4, -0.2) is 11.9 Å². The third-order valence-corrected chi connectivity index (χ3v) is 6.49. The summed E-state index contributed by atoms with van der Waals surface area (Å²) in [6.07, 6.45) is 3.19. The van der Waals surface area contributed by atoms with Gasteiger partial charge in [0.15, 0.2) is 0 Å². The van der Waals surface area contributed by atoms with Gasteiger partial charge in [0, 0.05) is 31.4 Å². The van der Waals surface area contributed by atoms with Gasteiger partial charge in [-0.05, 0) is 95.4 Å². The van der Waals surface area contributed by atoms with E-state index < -0.39 is 0 Å². The molecule has 2 aromatic carbocycles. The van der Waals surface area contributed by atoms with Gasteiger partial charge < -0.3 is 5.32 Å². The summed E-state index contributed by atoms with van der Waals surface area (Å²) >= 11 is 4.20. The average Bonchev–Trinajstić information content (AvgIpc) is 3.33. The number of thiophene rings is 1. The average molecular weight is 473 g/mol. The molecule has 1 aliphatic rings. The fourth-order valence-electron chi connectivity index (χ4n) is 2.93. The molecule has 0 unspecified atom stereocenters. The predicted molar refractivity (Wildman–Crippen MR) is 117 cm³/mol. The lowest BCUT2D eigenvalue weighted by Gasteiger charge is -2.05. The smallest absolute Gasteiger partial charge is 0.251 e. The first-order chi connectivity index (χ1) is 12.6. The van der Waals surface area contributed by atoms with Gasteiger partial charge in [-0.25, -0.2) is 0 Å². The monoisotopic (exact) mass is 473 g/mol. The number of halogens is 1. The SMILES string of the molecule is Cc1ccc(I)cc1Cc1ccc(-c2ccc(C(=O)NC3CC3)cc2)s1. The van der Waals surface area contributed by atoms with Gasteiger partial charge in [-0.3, -0.25) is 4.79 Å². The minimum absolute atomic E-state index is 0.0417. The molecule has 132 valence electrons. The second-order valence-electron chi connectivity index (χ2n) is 6.84. The van der Waals surface area contributed by atoms with E-state index in [1.807, 2.05) is 35.6 Å². The summed E-state index contributed by atoms with van der Waals surface area (Å²) in [5, 5.41) is 3.03. The lowest BCUT2D eigenvalue weighted by molar-refractivity contribution is 0.0951. The zero-order chi connectivity index (χ0) is 18.1. The van der Waals surface area contributed by atoms with Crippen LogP contribution in [0.25, 0.3) is 10.4 Å². The predicted octanol–water partition coefficient (Wildman–Crippen LogP) is 5.81. The molecule has 1 amide bonds. The van der Waals surface area contributed by atoms with Crippen molar-refractivity contribution >= 4 is 39.8 Å². The Hall–Kier alpha value is -1.66. The molecule has 3 aromatic rings. The van der Waals surface area contributed by atoms with Crippen molar-refractivity contribution in [1.29, 1.82) is 0 Å². The first-order valence-corrected chi connectivity index (χ1v) is 10.7. The van der Waals surface area contributed by atoms with E-state index in [1.165, 1.54) is 30.0 Å². The molecule has 1 aliphatic carbocycles. The second-order valence-corrected chi connectivity index (χ2v) is 9.25. The lowest BCUT2D eigenvalue weighted by atomic mass is 10.1. The normalized spacial score (nSPS) is 13.6. The van der Waals surface area contributed by atoms with Crippen molar-refractivity contribution in [3.05, 3.63) is 79.7 Å². The first kappa shape index (κ1) is 17.7. The van der Waals surface area contributed by atoms with Crippen LogP contribution in [0.5, 0.6) is 0 Å². The van der Waals surface area contributed by atoms with E-state index in [2.05, 4.69) is 65.2 Å². The maximum Gasteiger partial charge on any atom is 0.251 e. The number of hydrogen-bond acceptors (Lipinski definition) is 2. The highest BCUT2D eigenvalue weighted by Gasteiger charge is 2.23. The van der Waals surface area contributed by atoms with Crippen molar-refractivity contribution < 1.29 is 4.79 Å². The van der Waals surface area contributed by atoms with Crippen molar-refractivity contribution in [3.63, 3.8) is 0 Å². The number of carbonyl (C=O) groups excluding carboxylic acids is 1. The third kappa shape index (κ3) is 4.18. The topological polar surface area (TPSA) is 29.1 Å². The summed E-state index contributed by atoms with van der Waals surface area (Å²) in [7, 11) is 0. The van der Waals surface area contributed by atoms with Crippen LogP contribution in [0.2, 0.25) is 0 Å². The van der Waals surface area contributed by atoms with Gasteiger partial charge in [0.1, 0.15) is 0 Å². The van der Waals surface area contributed by atoms with Crippen LogP contribution in [0.15, 0.2) is 54.6 Å². The first-order valence-electron chi connectivity index (χ1n) is 8.83. The molecule has 1 saturated carbocycles. The highest BCUT2D eigenvalue weighted by atomic mass is 127. The lowest BCUT2D eigenvalue weighted by Crippen LogP contribution is -2.25. The second kappa shape index (κ2) is 7.53. The molecule has 4 heteroatoms. The Bertz CT molecular complexity index is 941. The summed E-state index contributed by atoms with van der Waals surface area (Å²) in [5.41, 5.74) is 4.64. The van der Waals surface area contributed by atoms with E-state index in [9.17, 15) is 4.79 Å². The summed E-state index contributed by atoms with van der Waals surface area (Å²) < 4.78 is 1.28. The molecule has 0 spiro atoms. The molecule has 0 saturated heterocycles. The van der Waals surface area contributed by atoms with Crippen molar-refractivity contribution in [1.82, 2.24) is 5.32 Å². The standard InChI is InChI=1S/C22H20INOS/c1-14-2-7-18(23)12-17(14)13-20-10-11-21(26-20)15-3-5-16(6-4-15)22(25)24-19-8-9-19/h2-7,10-12,19H,8-9,13H2,1H3,(H,24,25). The Kier molecular flexibility index (Phi) is 5.14. The molecule has 0 atom stereocenters. The molecule has 1 fully saturated rings. The highest BCUT2D eigenvalue weighted by molar-refractivity contribution is 14.1. The van der Waals surface area contributed by atoms with Crippen LogP contribution in [0, 0.1) is 10.5 Å². The molecule has 4 rings (SSSR count). The minimum atomic E-state index is 0.0417. The Morgan fingerprint density at radius 1 is 1.12 bits per heavy atom. The van der Waals surface area contributed by atoms with Crippen LogP contribution in [0.4, 0.5) is 0 Å². The maximum absolute atomic E-state index is 12.1. The molecule has 2 nitrogen and oxygen atoms in total. The zero-order valence-electron chi connectivity index (χ0n) is 14.6. The van der Waals surface area contributed by atoms with E-state index in [1.54, 1.807) is 0 Å². The van der Waals surface area contributed by atoms with Gasteiger partial charge in [-0.2, -0.15) is 0 Å². The molecular formula is C22H20INOS. The molecule has 26 heavy (non-hydrogen) atoms. The van der Waals surface area contributed by atoms with Crippen LogP contribution in [0.3, 0.4) is 0 Å². The zero-order valence-corrected chi connectivity index (χ0v) is 17.6. The molecule has 0 radical (unpaired) electrons.